The van der Waals surface area contributed by atoms with Crippen LogP contribution >= 0.6 is 11.3 Å². The molecule has 1 unspecified atom stereocenters. The molecule has 3 aromatic heterocycles. The molecule has 0 aromatic carbocycles. The Hall–Kier alpha value is -3.31. The van der Waals surface area contributed by atoms with Gasteiger partial charge in [-0.05, 0) is 74.7 Å². The number of carboxylic acids is 1. The molecule has 2 atom stereocenters. The normalized spacial score (nSPS) is 18.5. The number of likely N-dealkylation sites (tertiary alicyclic amines) is 1. The molecule has 0 spiro atoms. The molecule has 2 aliphatic heterocycles. The molecular formula is C26H33N7O3S. The first-order chi connectivity index (χ1) is 18.1. The van der Waals surface area contributed by atoms with Crippen molar-refractivity contribution >= 4 is 45.1 Å². The Morgan fingerprint density at radius 1 is 1.24 bits per heavy atom. The number of aryl methyl sites for hydroxylation is 2. The van der Waals surface area contributed by atoms with Crippen molar-refractivity contribution in [1.82, 2.24) is 25.2 Å². The van der Waals surface area contributed by atoms with Crippen LogP contribution in [-0.4, -0.2) is 75.6 Å². The van der Waals surface area contributed by atoms with Crippen molar-refractivity contribution in [2.24, 2.45) is 5.92 Å². The molecule has 0 aliphatic carbocycles. The number of rotatable bonds is 10. The standard InChI is InChI=1S/C26H33N7O3S/c34-25(28-14-21(26(35)36)32-24-22-20(9-13-37-22)29-16-30-24)18-5-2-11-33(15-18)12-3-6-19-8-7-17-4-1-10-27-23(17)31-19/h7-9,13,16,18,21H,1-6,10-12,14-15H2,(H,27,31)(H,28,34)(H,35,36)(H,29,30,32)/t18-,21?/m1/s1. The van der Waals surface area contributed by atoms with E-state index in [0.29, 0.717) is 12.4 Å². The summed E-state index contributed by atoms with van der Waals surface area (Å²) in [6, 6.07) is 5.20. The Morgan fingerprint density at radius 2 is 2.16 bits per heavy atom. The predicted molar refractivity (Wildman–Crippen MR) is 144 cm³/mol. The van der Waals surface area contributed by atoms with Gasteiger partial charge >= 0.3 is 5.97 Å². The molecule has 0 saturated carbocycles. The average molecular weight is 524 g/mol. The van der Waals surface area contributed by atoms with Crippen molar-refractivity contribution in [3.63, 3.8) is 0 Å². The Morgan fingerprint density at radius 3 is 3.05 bits per heavy atom. The minimum absolute atomic E-state index is 0.0143. The van der Waals surface area contributed by atoms with Crippen LogP contribution in [0.4, 0.5) is 11.6 Å². The van der Waals surface area contributed by atoms with Crippen molar-refractivity contribution in [2.75, 3.05) is 43.4 Å². The first-order valence-electron chi connectivity index (χ1n) is 13.0. The summed E-state index contributed by atoms with van der Waals surface area (Å²) >= 11 is 1.45. The second kappa shape index (κ2) is 11.8. The predicted octanol–water partition coefficient (Wildman–Crippen LogP) is 2.77. The monoisotopic (exact) mass is 523 g/mol. The Kier molecular flexibility index (Phi) is 8.10. The van der Waals surface area contributed by atoms with Gasteiger partial charge < -0.3 is 26.0 Å². The lowest BCUT2D eigenvalue weighted by Gasteiger charge is -2.32. The van der Waals surface area contributed by atoms with E-state index in [1.807, 2.05) is 11.4 Å². The van der Waals surface area contributed by atoms with Crippen LogP contribution in [0.25, 0.3) is 10.2 Å². The summed E-state index contributed by atoms with van der Waals surface area (Å²) in [6.07, 6.45) is 7.32. The van der Waals surface area contributed by atoms with Crippen molar-refractivity contribution < 1.29 is 14.7 Å². The summed E-state index contributed by atoms with van der Waals surface area (Å²) in [4.78, 5) is 40.3. The van der Waals surface area contributed by atoms with E-state index < -0.39 is 12.0 Å². The van der Waals surface area contributed by atoms with Crippen LogP contribution in [0.15, 0.2) is 29.9 Å². The number of aliphatic carboxylic acids is 1. The Labute approximate surface area is 219 Å². The molecule has 1 saturated heterocycles. The van der Waals surface area contributed by atoms with E-state index in [0.717, 1.165) is 79.9 Å². The first-order valence-corrected chi connectivity index (χ1v) is 13.8. The molecule has 1 amide bonds. The summed E-state index contributed by atoms with van der Waals surface area (Å²) in [5, 5.41) is 20.8. The maximum absolute atomic E-state index is 12.9. The highest BCUT2D eigenvalue weighted by atomic mass is 32.1. The number of thiophene rings is 1. The zero-order valence-electron chi connectivity index (χ0n) is 20.8. The van der Waals surface area contributed by atoms with Crippen LogP contribution in [-0.2, 0) is 22.4 Å². The van der Waals surface area contributed by atoms with Crippen LogP contribution in [0.1, 0.15) is 36.9 Å². The van der Waals surface area contributed by atoms with Gasteiger partial charge in [-0.2, -0.15) is 0 Å². The van der Waals surface area contributed by atoms with E-state index in [4.69, 9.17) is 4.98 Å². The summed E-state index contributed by atoms with van der Waals surface area (Å²) in [5.74, 6) is 0.225. The summed E-state index contributed by atoms with van der Waals surface area (Å²) in [6.45, 7) is 3.56. The molecule has 196 valence electrons. The number of pyridine rings is 1. The molecule has 11 heteroatoms. The van der Waals surface area contributed by atoms with E-state index in [2.05, 4.69) is 43.0 Å². The highest BCUT2D eigenvalue weighted by Crippen LogP contribution is 2.25. The second-order valence-electron chi connectivity index (χ2n) is 9.72. The van der Waals surface area contributed by atoms with E-state index in [-0.39, 0.29) is 18.4 Å². The van der Waals surface area contributed by atoms with E-state index in [9.17, 15) is 14.7 Å². The van der Waals surface area contributed by atoms with E-state index in [1.165, 1.54) is 23.2 Å². The minimum atomic E-state index is -1.04. The third kappa shape index (κ3) is 6.34. The highest BCUT2D eigenvalue weighted by Gasteiger charge is 2.27. The van der Waals surface area contributed by atoms with Crippen molar-refractivity contribution in [3.05, 3.63) is 41.2 Å². The lowest BCUT2D eigenvalue weighted by atomic mass is 9.96. The molecule has 3 aromatic rings. The summed E-state index contributed by atoms with van der Waals surface area (Å²) in [7, 11) is 0. The molecule has 5 rings (SSSR count). The molecule has 0 bridgehead atoms. The van der Waals surface area contributed by atoms with Crippen molar-refractivity contribution in [2.45, 2.75) is 44.6 Å². The van der Waals surface area contributed by atoms with Crippen LogP contribution < -0.4 is 16.0 Å². The van der Waals surface area contributed by atoms with Gasteiger partial charge in [0.15, 0.2) is 0 Å². The SMILES string of the molecule is O=C(O)C(CNC(=O)[C@@H]1CCCN(CCCc2ccc3c(n2)NCCC3)C1)Nc1ncnc2ccsc12. The zero-order chi connectivity index (χ0) is 25.6. The van der Waals surface area contributed by atoms with Gasteiger partial charge in [0.2, 0.25) is 5.91 Å². The van der Waals surface area contributed by atoms with E-state index in [1.54, 1.807) is 0 Å². The van der Waals surface area contributed by atoms with Gasteiger partial charge in [-0.3, -0.25) is 4.79 Å². The molecule has 10 nitrogen and oxygen atoms in total. The number of hydrogen-bond donors (Lipinski definition) is 4. The lowest BCUT2D eigenvalue weighted by Crippen LogP contribution is -2.47. The minimum Gasteiger partial charge on any atom is -0.480 e. The molecule has 37 heavy (non-hydrogen) atoms. The topological polar surface area (TPSA) is 132 Å². The van der Waals surface area contributed by atoms with Crippen LogP contribution in [0.3, 0.4) is 0 Å². The van der Waals surface area contributed by atoms with Gasteiger partial charge in [0.25, 0.3) is 0 Å². The van der Waals surface area contributed by atoms with Crippen molar-refractivity contribution in [3.8, 4) is 0 Å². The summed E-state index contributed by atoms with van der Waals surface area (Å²) < 4.78 is 0.796. The Balaban J connectivity index is 1.09. The lowest BCUT2D eigenvalue weighted by molar-refractivity contribution is -0.138. The smallest absolute Gasteiger partial charge is 0.328 e. The maximum Gasteiger partial charge on any atom is 0.328 e. The molecule has 0 radical (unpaired) electrons. The number of nitrogens with zero attached hydrogens (tertiary/aromatic N) is 4. The molecular weight excluding hydrogens is 490 g/mol. The van der Waals surface area contributed by atoms with Gasteiger partial charge in [-0.15, -0.1) is 11.3 Å². The number of carboxylic acid groups (broad SMARTS) is 1. The fourth-order valence-electron chi connectivity index (χ4n) is 5.07. The zero-order valence-corrected chi connectivity index (χ0v) is 21.6. The van der Waals surface area contributed by atoms with Gasteiger partial charge in [0.05, 0.1) is 16.1 Å². The fraction of sp³-hybridized carbons (Fsp3) is 0.500. The quantitative estimate of drug-likeness (QED) is 0.317. The molecule has 4 N–H and O–H groups in total. The Bertz CT molecular complexity index is 1250. The number of aromatic nitrogens is 3. The molecule has 1 fully saturated rings. The van der Waals surface area contributed by atoms with Gasteiger partial charge in [0, 0.05) is 25.3 Å². The first kappa shape index (κ1) is 25.3. The molecule has 2 aliphatic rings. The number of carbonyl (C=O) groups is 2. The van der Waals surface area contributed by atoms with Crippen LogP contribution in [0.5, 0.6) is 0 Å². The van der Waals surface area contributed by atoms with Gasteiger partial charge in [-0.25, -0.2) is 19.7 Å². The summed E-state index contributed by atoms with van der Waals surface area (Å²) in [5.41, 5.74) is 3.17. The largest absolute Gasteiger partial charge is 0.480 e. The number of nitrogens with one attached hydrogen (secondary N) is 3. The van der Waals surface area contributed by atoms with Gasteiger partial charge in [-0.1, -0.05) is 6.07 Å². The fourth-order valence-corrected chi connectivity index (χ4v) is 5.87. The van der Waals surface area contributed by atoms with Crippen molar-refractivity contribution in [1.29, 1.82) is 0 Å². The average Bonchev–Trinajstić information content (AvgIpc) is 3.41. The highest BCUT2D eigenvalue weighted by molar-refractivity contribution is 7.17. The third-order valence-corrected chi connectivity index (χ3v) is 7.98. The number of carbonyl (C=O) groups excluding carboxylic acids is 1. The number of amides is 1. The molecule has 5 heterocycles. The van der Waals surface area contributed by atoms with Crippen LogP contribution in [0, 0.1) is 5.92 Å². The maximum atomic E-state index is 12.9. The number of piperidine rings is 1. The number of hydrogen-bond acceptors (Lipinski definition) is 9. The number of anilines is 2. The van der Waals surface area contributed by atoms with E-state index >= 15 is 0 Å². The van der Waals surface area contributed by atoms with Crippen LogP contribution in [0.2, 0.25) is 0 Å². The number of fused-ring (bicyclic) bond motifs is 2. The third-order valence-electron chi connectivity index (χ3n) is 7.07. The van der Waals surface area contributed by atoms with Gasteiger partial charge in [0.1, 0.15) is 24.0 Å². The second-order valence-corrected chi connectivity index (χ2v) is 10.6.